The Balaban J connectivity index is 2.22. The topological polar surface area (TPSA) is 55.6 Å². The van der Waals surface area contributed by atoms with Gasteiger partial charge in [0.25, 0.3) is 5.91 Å². The largest absolute Gasteiger partial charge is 0.478 e. The number of carbonyl (C=O) groups excluding carboxylic acids is 1. The summed E-state index contributed by atoms with van der Waals surface area (Å²) in [4.78, 5) is 13.5. The third kappa shape index (κ3) is 2.70. The average molecular weight is 378 g/mol. The lowest BCUT2D eigenvalue weighted by Crippen LogP contribution is -2.29. The van der Waals surface area contributed by atoms with E-state index in [1.54, 1.807) is 11.9 Å². The van der Waals surface area contributed by atoms with Crippen molar-refractivity contribution >= 4 is 37.8 Å². The molecule has 1 aromatic rings. The van der Waals surface area contributed by atoms with E-state index in [2.05, 4.69) is 31.9 Å². The molecule has 0 saturated carbocycles. The summed E-state index contributed by atoms with van der Waals surface area (Å²) < 4.78 is 7.40. The van der Waals surface area contributed by atoms with E-state index in [4.69, 9.17) is 10.5 Å². The fourth-order valence-corrected chi connectivity index (χ4v) is 3.35. The van der Waals surface area contributed by atoms with Gasteiger partial charge in [-0.2, -0.15) is 0 Å². The number of amides is 1. The van der Waals surface area contributed by atoms with E-state index in [0.717, 1.165) is 21.1 Å². The van der Waals surface area contributed by atoms with Crippen LogP contribution < -0.4 is 10.5 Å². The number of ether oxygens (including phenoxy) is 1. The van der Waals surface area contributed by atoms with Crippen LogP contribution in [0.15, 0.2) is 21.1 Å². The van der Waals surface area contributed by atoms with E-state index in [1.165, 1.54) is 0 Å². The van der Waals surface area contributed by atoms with E-state index in [0.29, 0.717) is 18.7 Å². The summed E-state index contributed by atoms with van der Waals surface area (Å²) in [5.41, 5.74) is 6.59. The zero-order chi connectivity index (χ0) is 13.3. The van der Waals surface area contributed by atoms with Crippen LogP contribution in [0.2, 0.25) is 0 Å². The second-order valence-corrected chi connectivity index (χ2v) is 5.96. The minimum atomic E-state index is -0.397. The third-order valence-electron chi connectivity index (χ3n) is 2.93. The minimum absolute atomic E-state index is 0.0247. The number of hydrogen-bond donors (Lipinski definition) is 1. The zero-order valence-electron chi connectivity index (χ0n) is 9.95. The van der Waals surface area contributed by atoms with E-state index in [9.17, 15) is 4.79 Å². The molecule has 1 atom stereocenters. The number of halogens is 2. The maximum atomic E-state index is 11.8. The predicted octanol–water partition coefficient (Wildman–Crippen LogP) is 2.28. The van der Waals surface area contributed by atoms with Crippen molar-refractivity contribution in [2.75, 3.05) is 13.6 Å². The summed E-state index contributed by atoms with van der Waals surface area (Å²) >= 11 is 6.89. The van der Waals surface area contributed by atoms with E-state index in [-0.39, 0.29) is 5.91 Å². The molecule has 0 radical (unpaired) electrons. The first-order chi connectivity index (χ1) is 8.52. The quantitative estimate of drug-likeness (QED) is 0.879. The van der Waals surface area contributed by atoms with Gasteiger partial charge in [0.1, 0.15) is 5.75 Å². The van der Waals surface area contributed by atoms with Crippen molar-refractivity contribution < 1.29 is 9.53 Å². The van der Waals surface area contributed by atoms with Crippen LogP contribution in [0.5, 0.6) is 5.75 Å². The fourth-order valence-electron chi connectivity index (χ4n) is 1.88. The number of rotatable bonds is 3. The van der Waals surface area contributed by atoms with Crippen molar-refractivity contribution in [1.82, 2.24) is 4.90 Å². The van der Waals surface area contributed by atoms with Crippen LogP contribution in [-0.2, 0) is 11.3 Å². The third-order valence-corrected chi connectivity index (χ3v) is 4.11. The molecule has 6 heteroatoms. The first kappa shape index (κ1) is 13.8. The van der Waals surface area contributed by atoms with Gasteiger partial charge in [-0.1, -0.05) is 0 Å². The first-order valence-corrected chi connectivity index (χ1v) is 7.21. The Labute approximate surface area is 123 Å². The second kappa shape index (κ2) is 5.59. The molecule has 1 aliphatic rings. The lowest BCUT2D eigenvalue weighted by Gasteiger charge is -2.16. The van der Waals surface area contributed by atoms with Crippen LogP contribution in [0.3, 0.4) is 0 Å². The summed E-state index contributed by atoms with van der Waals surface area (Å²) in [5, 5.41) is 0. The SMILES string of the molecule is CN1CCC(Oc2c(Br)cc(CN)cc2Br)C1=O. The van der Waals surface area contributed by atoms with Crippen molar-refractivity contribution in [2.24, 2.45) is 5.73 Å². The number of nitrogens with zero attached hydrogens (tertiary/aromatic N) is 1. The highest BCUT2D eigenvalue weighted by atomic mass is 79.9. The van der Waals surface area contributed by atoms with E-state index < -0.39 is 6.10 Å². The number of nitrogens with two attached hydrogens (primary N) is 1. The first-order valence-electron chi connectivity index (χ1n) is 5.62. The molecule has 1 aromatic carbocycles. The normalized spacial score (nSPS) is 19.4. The van der Waals surface area contributed by atoms with Crippen molar-refractivity contribution in [2.45, 2.75) is 19.1 Å². The van der Waals surface area contributed by atoms with Crippen molar-refractivity contribution in [3.8, 4) is 5.75 Å². The van der Waals surface area contributed by atoms with Gasteiger partial charge in [-0.05, 0) is 49.6 Å². The number of benzene rings is 1. The molecule has 0 bridgehead atoms. The van der Waals surface area contributed by atoms with Gasteiger partial charge in [-0.3, -0.25) is 4.79 Å². The molecule has 1 aliphatic heterocycles. The summed E-state index contributed by atoms with van der Waals surface area (Å²) in [6.45, 7) is 1.20. The monoisotopic (exact) mass is 376 g/mol. The van der Waals surface area contributed by atoms with E-state index in [1.807, 2.05) is 12.1 Å². The molecule has 4 nitrogen and oxygen atoms in total. The highest BCUT2D eigenvalue weighted by molar-refractivity contribution is 9.11. The van der Waals surface area contributed by atoms with Crippen molar-refractivity contribution in [1.29, 1.82) is 0 Å². The number of likely N-dealkylation sites (tertiary alicyclic amines) is 1. The van der Waals surface area contributed by atoms with E-state index >= 15 is 0 Å². The molecule has 1 amide bonds. The predicted molar refractivity (Wildman–Crippen MR) is 76.4 cm³/mol. The van der Waals surface area contributed by atoms with Gasteiger partial charge in [0.2, 0.25) is 0 Å². The molecule has 0 aromatic heterocycles. The van der Waals surface area contributed by atoms with Crippen LogP contribution in [0.4, 0.5) is 0 Å². The molecule has 0 spiro atoms. The average Bonchev–Trinajstić information content (AvgIpc) is 2.65. The highest BCUT2D eigenvalue weighted by Gasteiger charge is 2.31. The maximum Gasteiger partial charge on any atom is 0.263 e. The van der Waals surface area contributed by atoms with Crippen LogP contribution in [0.25, 0.3) is 0 Å². The number of likely N-dealkylation sites (N-methyl/N-ethyl adjacent to an activating group) is 1. The fraction of sp³-hybridized carbons (Fsp3) is 0.417. The number of hydrogen-bond acceptors (Lipinski definition) is 3. The zero-order valence-corrected chi connectivity index (χ0v) is 13.1. The summed E-state index contributed by atoms with van der Waals surface area (Å²) in [6.07, 6.45) is 0.318. The van der Waals surface area contributed by atoms with Crippen LogP contribution in [-0.4, -0.2) is 30.5 Å². The van der Waals surface area contributed by atoms with Gasteiger partial charge < -0.3 is 15.4 Å². The Morgan fingerprint density at radius 2 is 2.06 bits per heavy atom. The molecule has 0 aliphatic carbocycles. The molecular weight excluding hydrogens is 364 g/mol. The molecule has 1 heterocycles. The lowest BCUT2D eigenvalue weighted by atomic mass is 10.2. The lowest BCUT2D eigenvalue weighted by molar-refractivity contribution is -0.132. The van der Waals surface area contributed by atoms with Crippen molar-refractivity contribution in [3.05, 3.63) is 26.6 Å². The smallest absolute Gasteiger partial charge is 0.263 e. The molecule has 2 N–H and O–H groups in total. The molecule has 2 rings (SSSR count). The maximum absolute atomic E-state index is 11.8. The molecule has 98 valence electrons. The summed E-state index contributed by atoms with van der Waals surface area (Å²) in [6, 6.07) is 3.81. The second-order valence-electron chi connectivity index (χ2n) is 4.25. The molecule has 1 saturated heterocycles. The van der Waals surface area contributed by atoms with Gasteiger partial charge in [-0.25, -0.2) is 0 Å². The van der Waals surface area contributed by atoms with Crippen LogP contribution >= 0.6 is 31.9 Å². The van der Waals surface area contributed by atoms with Gasteiger partial charge in [0.15, 0.2) is 6.10 Å². The van der Waals surface area contributed by atoms with Gasteiger partial charge >= 0.3 is 0 Å². The highest BCUT2D eigenvalue weighted by Crippen LogP contribution is 2.36. The van der Waals surface area contributed by atoms with Gasteiger partial charge in [0.05, 0.1) is 8.95 Å². The van der Waals surface area contributed by atoms with Crippen LogP contribution in [0.1, 0.15) is 12.0 Å². The molecule has 18 heavy (non-hydrogen) atoms. The van der Waals surface area contributed by atoms with Crippen LogP contribution in [0, 0.1) is 0 Å². The Kier molecular flexibility index (Phi) is 4.29. The summed E-state index contributed by atoms with van der Waals surface area (Å²) in [7, 11) is 1.79. The van der Waals surface area contributed by atoms with Gasteiger partial charge in [0, 0.05) is 26.6 Å². The summed E-state index contributed by atoms with van der Waals surface area (Å²) in [5.74, 6) is 0.678. The Morgan fingerprint density at radius 1 is 1.44 bits per heavy atom. The Bertz CT molecular complexity index is 456. The Morgan fingerprint density at radius 3 is 2.50 bits per heavy atom. The minimum Gasteiger partial charge on any atom is -0.478 e. The molecular formula is C12H14Br2N2O2. The van der Waals surface area contributed by atoms with Crippen molar-refractivity contribution in [3.63, 3.8) is 0 Å². The standard InChI is InChI=1S/C12H14Br2N2O2/c1-16-3-2-10(12(16)17)18-11-8(13)4-7(6-15)5-9(11)14/h4-5,10H,2-3,6,15H2,1H3. The Hall–Kier alpha value is -0.590. The molecule has 1 fully saturated rings. The molecule has 1 unspecified atom stereocenters. The number of carbonyl (C=O) groups is 1. The van der Waals surface area contributed by atoms with Gasteiger partial charge in [-0.15, -0.1) is 0 Å².